The second-order valence-corrected chi connectivity index (χ2v) is 8.74. The van der Waals surface area contributed by atoms with Gasteiger partial charge in [0.1, 0.15) is 18.1 Å². The van der Waals surface area contributed by atoms with Crippen LogP contribution in [0, 0.1) is 0 Å². The van der Waals surface area contributed by atoms with Gasteiger partial charge in [0.2, 0.25) is 10.0 Å². The van der Waals surface area contributed by atoms with Crippen LogP contribution >= 0.6 is 23.2 Å². The molecule has 0 saturated carbocycles. The van der Waals surface area contributed by atoms with Gasteiger partial charge in [0.05, 0.1) is 6.26 Å². The molecule has 0 spiro atoms. The fourth-order valence-corrected chi connectivity index (χ4v) is 3.62. The Morgan fingerprint density at radius 1 is 1.07 bits per heavy atom. The third-order valence-corrected chi connectivity index (χ3v) is 5.22. The zero-order valence-corrected chi connectivity index (χ0v) is 17.3. The molecule has 0 aliphatic heterocycles. The zero-order valence-electron chi connectivity index (χ0n) is 15.0. The van der Waals surface area contributed by atoms with Gasteiger partial charge in [0.25, 0.3) is 0 Å². The van der Waals surface area contributed by atoms with E-state index in [9.17, 15) is 13.2 Å². The molecule has 154 valence electrons. The Morgan fingerprint density at radius 2 is 1.72 bits per heavy atom. The Kier molecular flexibility index (Phi) is 10.8. The summed E-state index contributed by atoms with van der Waals surface area (Å²) in [5, 5.41) is 9.51. The first-order valence-electron chi connectivity index (χ1n) is 8.11. The number of nitrogens with zero attached hydrogens (tertiary/aromatic N) is 1. The molecule has 0 fully saturated rings. The van der Waals surface area contributed by atoms with Crippen LogP contribution in [0.2, 0.25) is 10.0 Å². The topological polar surface area (TPSA) is 93.1 Å². The van der Waals surface area contributed by atoms with Gasteiger partial charge in [-0.25, -0.2) is 13.2 Å². The Labute approximate surface area is 201 Å². The minimum atomic E-state index is -3.51. The van der Waals surface area contributed by atoms with Crippen molar-refractivity contribution in [3.63, 3.8) is 0 Å². The number of carboxylic acids is 1. The van der Waals surface area contributed by atoms with E-state index in [1.807, 2.05) is 0 Å². The van der Waals surface area contributed by atoms with E-state index < -0.39 is 22.6 Å². The number of halogens is 2. The van der Waals surface area contributed by atoms with Gasteiger partial charge < -0.3 is 14.6 Å². The molecular formula is C18H20Cl2NNaO6S. The summed E-state index contributed by atoms with van der Waals surface area (Å²) in [6.45, 7) is -0.194. The van der Waals surface area contributed by atoms with Gasteiger partial charge in [-0.3, -0.25) is 0 Å². The molecule has 7 nitrogen and oxygen atoms in total. The Bertz CT molecular complexity index is 921. The van der Waals surface area contributed by atoms with E-state index in [0.717, 1.165) is 6.26 Å². The molecular weight excluding hydrogens is 452 g/mol. The van der Waals surface area contributed by atoms with E-state index in [2.05, 4.69) is 0 Å². The van der Waals surface area contributed by atoms with Crippen LogP contribution in [-0.2, 0) is 21.4 Å². The van der Waals surface area contributed by atoms with Crippen molar-refractivity contribution in [2.24, 2.45) is 0 Å². The summed E-state index contributed by atoms with van der Waals surface area (Å²) >= 11 is 11.8. The monoisotopic (exact) mass is 471 g/mol. The number of hydrogen-bond donors (Lipinski definition) is 1. The summed E-state index contributed by atoms with van der Waals surface area (Å²) in [6.07, 6.45) is 1.11. The summed E-state index contributed by atoms with van der Waals surface area (Å²) in [5.41, 5.74) is 0.652. The van der Waals surface area contributed by atoms with Crippen molar-refractivity contribution in [2.75, 3.05) is 26.0 Å². The quantitative estimate of drug-likeness (QED) is 0.535. The number of carbonyl (C=O) groups is 1. The van der Waals surface area contributed by atoms with E-state index >= 15 is 0 Å². The predicted octanol–water partition coefficient (Wildman–Crippen LogP) is 2.65. The minimum absolute atomic E-state index is 0. The van der Waals surface area contributed by atoms with Gasteiger partial charge in [0, 0.05) is 23.1 Å². The van der Waals surface area contributed by atoms with Crippen molar-refractivity contribution in [3.8, 4) is 11.5 Å². The first-order valence-corrected chi connectivity index (χ1v) is 10.7. The second kappa shape index (κ2) is 12.0. The molecule has 0 saturated heterocycles. The van der Waals surface area contributed by atoms with Gasteiger partial charge >= 0.3 is 35.5 Å². The molecule has 0 bridgehead atoms. The Morgan fingerprint density at radius 3 is 2.31 bits per heavy atom. The first kappa shape index (κ1) is 26.0. The predicted molar refractivity (Wildman–Crippen MR) is 114 cm³/mol. The van der Waals surface area contributed by atoms with Gasteiger partial charge in [-0.1, -0.05) is 35.3 Å². The van der Waals surface area contributed by atoms with E-state index in [1.165, 1.54) is 4.31 Å². The molecule has 29 heavy (non-hydrogen) atoms. The summed E-state index contributed by atoms with van der Waals surface area (Å²) in [4.78, 5) is 10.6. The number of aliphatic carboxylic acids is 1. The summed E-state index contributed by atoms with van der Waals surface area (Å²) in [7, 11) is -3.51. The van der Waals surface area contributed by atoms with Gasteiger partial charge in [0.15, 0.2) is 6.61 Å². The SMILES string of the molecule is CS(=O)(=O)N(CCOc1cc(Cl)cc(Cl)c1)Cc1cccc(OCC(=O)O)c1.[NaH]. The number of benzene rings is 2. The molecule has 0 aliphatic carbocycles. The van der Waals surface area contributed by atoms with Crippen molar-refractivity contribution in [1.29, 1.82) is 0 Å². The molecule has 0 heterocycles. The van der Waals surface area contributed by atoms with E-state index in [1.54, 1.807) is 42.5 Å². The van der Waals surface area contributed by atoms with Crippen LogP contribution in [0.3, 0.4) is 0 Å². The van der Waals surface area contributed by atoms with Crippen LogP contribution in [0.1, 0.15) is 5.56 Å². The van der Waals surface area contributed by atoms with E-state index in [4.69, 9.17) is 37.8 Å². The van der Waals surface area contributed by atoms with Crippen molar-refractivity contribution < 1.29 is 27.8 Å². The number of ether oxygens (including phenoxy) is 2. The maximum absolute atomic E-state index is 12.1. The normalized spacial score (nSPS) is 11.0. The molecule has 0 unspecified atom stereocenters. The standard InChI is InChI=1S/C18H19Cl2NO6S.Na.H/c1-28(24,25)21(5-6-26-17-9-14(19)8-15(20)10-17)11-13-3-2-4-16(7-13)27-12-18(22)23;;/h2-4,7-10H,5-6,11-12H2,1H3,(H,22,23);;. The number of carboxylic acid groups (broad SMARTS) is 1. The van der Waals surface area contributed by atoms with Gasteiger partial charge in [-0.05, 0) is 35.9 Å². The molecule has 0 radical (unpaired) electrons. The Balaban J connectivity index is 0.00000420. The van der Waals surface area contributed by atoms with Crippen LogP contribution in [-0.4, -0.2) is 79.4 Å². The summed E-state index contributed by atoms with van der Waals surface area (Å²) in [5.74, 6) is -0.311. The fraction of sp³-hybridized carbons (Fsp3) is 0.278. The van der Waals surface area contributed by atoms with Crippen molar-refractivity contribution in [1.82, 2.24) is 4.31 Å². The third-order valence-electron chi connectivity index (χ3n) is 3.53. The molecule has 2 aromatic rings. The van der Waals surface area contributed by atoms with Crippen molar-refractivity contribution >= 4 is 68.8 Å². The molecule has 2 rings (SSSR count). The summed E-state index contributed by atoms with van der Waals surface area (Å²) in [6, 6.07) is 11.3. The zero-order chi connectivity index (χ0) is 20.7. The summed E-state index contributed by atoms with van der Waals surface area (Å²) < 4.78 is 36.1. The third kappa shape index (κ3) is 9.57. The molecule has 1 N–H and O–H groups in total. The number of sulfonamides is 1. The molecule has 0 atom stereocenters. The van der Waals surface area contributed by atoms with Crippen LogP contribution in [0.25, 0.3) is 0 Å². The van der Waals surface area contributed by atoms with E-state index in [-0.39, 0.29) is 49.3 Å². The van der Waals surface area contributed by atoms with Crippen LogP contribution in [0.5, 0.6) is 11.5 Å². The molecule has 0 aromatic heterocycles. The number of rotatable bonds is 10. The van der Waals surface area contributed by atoms with E-state index in [0.29, 0.717) is 27.1 Å². The molecule has 0 aliphatic rings. The fourth-order valence-electron chi connectivity index (χ4n) is 2.32. The molecule has 0 amide bonds. The molecule has 11 heteroatoms. The van der Waals surface area contributed by atoms with Crippen LogP contribution in [0.4, 0.5) is 0 Å². The van der Waals surface area contributed by atoms with Crippen LogP contribution in [0.15, 0.2) is 42.5 Å². The van der Waals surface area contributed by atoms with Crippen LogP contribution < -0.4 is 9.47 Å². The number of hydrogen-bond acceptors (Lipinski definition) is 5. The van der Waals surface area contributed by atoms with Crippen molar-refractivity contribution in [3.05, 3.63) is 58.1 Å². The van der Waals surface area contributed by atoms with Gasteiger partial charge in [-0.2, -0.15) is 4.31 Å². The average molecular weight is 472 g/mol. The van der Waals surface area contributed by atoms with Crippen molar-refractivity contribution in [2.45, 2.75) is 6.54 Å². The van der Waals surface area contributed by atoms with Gasteiger partial charge in [-0.15, -0.1) is 0 Å². The first-order chi connectivity index (χ1) is 13.1. The average Bonchev–Trinajstić information content (AvgIpc) is 2.58. The maximum atomic E-state index is 12.1. The molecule has 2 aromatic carbocycles. The second-order valence-electron chi connectivity index (χ2n) is 5.88. The Hall–Kier alpha value is -1.00.